The van der Waals surface area contributed by atoms with Gasteiger partial charge in [0, 0.05) is 23.9 Å². The number of ketones is 1. The molecule has 0 saturated carbocycles. The summed E-state index contributed by atoms with van der Waals surface area (Å²) >= 11 is 0. The van der Waals surface area contributed by atoms with Gasteiger partial charge in [-0.25, -0.2) is 0 Å². The highest BCUT2D eigenvalue weighted by atomic mass is 16.7. The quantitative estimate of drug-likeness (QED) is 0.652. The highest BCUT2D eigenvalue weighted by molar-refractivity contribution is 5.81. The molecule has 7 heteroatoms. The van der Waals surface area contributed by atoms with Crippen molar-refractivity contribution in [3.63, 3.8) is 0 Å². The number of carbonyl (C=O) groups is 1. The van der Waals surface area contributed by atoms with Crippen molar-refractivity contribution in [3.05, 3.63) is 0 Å². The van der Waals surface area contributed by atoms with Gasteiger partial charge in [-0.05, 0) is 27.7 Å². The molecule has 7 nitrogen and oxygen atoms in total. The summed E-state index contributed by atoms with van der Waals surface area (Å²) in [4.78, 5) is 13.9. The number of nitrogens with zero attached hydrogens (tertiary/aromatic N) is 1. The van der Waals surface area contributed by atoms with Crippen LogP contribution in [0.15, 0.2) is 0 Å². The van der Waals surface area contributed by atoms with Crippen LogP contribution in [0.25, 0.3) is 0 Å². The van der Waals surface area contributed by atoms with Crippen molar-refractivity contribution in [1.29, 1.82) is 0 Å². The van der Waals surface area contributed by atoms with E-state index in [0.717, 1.165) is 0 Å². The Kier molecular flexibility index (Phi) is 4.97. The predicted octanol–water partition coefficient (Wildman–Crippen LogP) is -0.378. The Morgan fingerprint density at radius 1 is 1.14 bits per heavy atom. The summed E-state index contributed by atoms with van der Waals surface area (Å²) in [6.07, 6.45) is -3.83. The second-order valence-corrected chi connectivity index (χ2v) is 7.49. The molecule has 4 atom stereocenters. The lowest BCUT2D eigenvalue weighted by atomic mass is 9.79. The average Bonchev–Trinajstić information content (AvgIpc) is 2.35. The highest BCUT2D eigenvalue weighted by Crippen LogP contribution is 2.36. The number of carbonyl (C=O) groups excluding carboxylic acids is 1. The molecular weight excluding hydrogens is 290 g/mol. The summed E-state index contributed by atoms with van der Waals surface area (Å²) in [6, 6.07) is 0. The molecule has 2 aliphatic heterocycles. The Morgan fingerprint density at radius 2 is 1.68 bits per heavy atom. The highest BCUT2D eigenvalue weighted by Gasteiger charge is 2.46. The standard InChI is InChI=1S/C15H27NO6/c1-14(2)5-9(17)6-15(3,4)16(14)8-22-13-12(20)11(19)10(18)7-21-13/h10-13,18-20H,5-8H2,1-4H3/t10-,11+,12-,13+/m1/s1. The Labute approximate surface area is 130 Å². The van der Waals surface area contributed by atoms with E-state index in [1.165, 1.54) is 0 Å². The van der Waals surface area contributed by atoms with Crippen LogP contribution in [0.4, 0.5) is 0 Å². The van der Waals surface area contributed by atoms with Crippen molar-refractivity contribution < 1.29 is 29.6 Å². The molecule has 0 aliphatic carbocycles. The average molecular weight is 317 g/mol. The first-order valence-electron chi connectivity index (χ1n) is 7.61. The largest absolute Gasteiger partial charge is 0.388 e. The summed E-state index contributed by atoms with van der Waals surface area (Å²) in [5.74, 6) is 0.221. The monoisotopic (exact) mass is 317 g/mol. The minimum absolute atomic E-state index is 0.0891. The molecule has 2 fully saturated rings. The van der Waals surface area contributed by atoms with Crippen LogP contribution in [0.1, 0.15) is 40.5 Å². The first-order chi connectivity index (χ1) is 10.0. The minimum atomic E-state index is -1.30. The molecule has 2 saturated heterocycles. The molecular formula is C15H27NO6. The topological polar surface area (TPSA) is 99.5 Å². The van der Waals surface area contributed by atoms with Gasteiger partial charge in [-0.2, -0.15) is 0 Å². The third-order valence-electron chi connectivity index (χ3n) is 4.54. The molecule has 0 aromatic rings. The van der Waals surface area contributed by atoms with Gasteiger partial charge in [-0.1, -0.05) is 0 Å². The fraction of sp³-hybridized carbons (Fsp3) is 0.933. The Balaban J connectivity index is 2.02. The lowest BCUT2D eigenvalue weighted by molar-refractivity contribution is -0.287. The van der Waals surface area contributed by atoms with E-state index in [1.54, 1.807) is 0 Å². The molecule has 2 rings (SSSR count). The van der Waals surface area contributed by atoms with Gasteiger partial charge in [0.05, 0.1) is 6.61 Å². The molecule has 2 heterocycles. The molecule has 0 unspecified atom stereocenters. The first kappa shape index (κ1) is 17.8. The van der Waals surface area contributed by atoms with E-state index in [4.69, 9.17) is 9.47 Å². The van der Waals surface area contributed by atoms with Crippen molar-refractivity contribution >= 4 is 5.78 Å². The van der Waals surface area contributed by atoms with Crippen LogP contribution in [0, 0.1) is 0 Å². The Morgan fingerprint density at radius 3 is 2.23 bits per heavy atom. The second kappa shape index (κ2) is 6.14. The first-order valence-corrected chi connectivity index (χ1v) is 7.61. The molecule has 0 spiro atoms. The number of ether oxygens (including phenoxy) is 2. The number of likely N-dealkylation sites (tertiary alicyclic amines) is 1. The van der Waals surface area contributed by atoms with Gasteiger partial charge in [0.15, 0.2) is 6.29 Å². The van der Waals surface area contributed by atoms with Gasteiger partial charge in [0.2, 0.25) is 0 Å². The van der Waals surface area contributed by atoms with Gasteiger partial charge >= 0.3 is 0 Å². The van der Waals surface area contributed by atoms with Crippen molar-refractivity contribution in [2.45, 2.75) is 76.2 Å². The molecule has 0 aromatic heterocycles. The predicted molar refractivity (Wildman–Crippen MR) is 78.0 cm³/mol. The number of rotatable bonds is 3. The third-order valence-corrected chi connectivity index (χ3v) is 4.54. The molecule has 0 radical (unpaired) electrons. The maximum absolute atomic E-state index is 11.9. The van der Waals surface area contributed by atoms with E-state index in [0.29, 0.717) is 12.8 Å². The van der Waals surface area contributed by atoms with E-state index in [2.05, 4.69) is 4.90 Å². The van der Waals surface area contributed by atoms with Crippen LogP contribution in [0.2, 0.25) is 0 Å². The molecule has 2 aliphatic rings. The zero-order valence-corrected chi connectivity index (χ0v) is 13.7. The van der Waals surface area contributed by atoms with Crippen molar-refractivity contribution in [2.75, 3.05) is 13.3 Å². The van der Waals surface area contributed by atoms with Gasteiger partial charge < -0.3 is 24.8 Å². The maximum atomic E-state index is 11.9. The molecule has 128 valence electrons. The second-order valence-electron chi connectivity index (χ2n) is 7.49. The SMILES string of the molecule is CC1(C)CC(=O)CC(C)(C)N1CO[C@@H]1OC[C@@H](O)[C@H](O)[C@H]1O. The van der Waals surface area contributed by atoms with E-state index in [9.17, 15) is 20.1 Å². The van der Waals surface area contributed by atoms with E-state index < -0.39 is 24.6 Å². The molecule has 0 amide bonds. The number of aliphatic hydroxyl groups excluding tert-OH is 3. The normalized spacial score (nSPS) is 39.0. The van der Waals surface area contributed by atoms with Gasteiger partial charge in [0.25, 0.3) is 0 Å². The number of hydrogen-bond acceptors (Lipinski definition) is 7. The fourth-order valence-electron chi connectivity index (χ4n) is 3.46. The summed E-state index contributed by atoms with van der Waals surface area (Å²) in [6.45, 7) is 7.99. The fourth-order valence-corrected chi connectivity index (χ4v) is 3.46. The Hall–Kier alpha value is -0.570. The van der Waals surface area contributed by atoms with Crippen LogP contribution < -0.4 is 0 Å². The summed E-state index contributed by atoms with van der Waals surface area (Å²) in [5.41, 5.74) is -0.729. The Bertz CT molecular complexity index is 404. The molecule has 22 heavy (non-hydrogen) atoms. The number of piperidine rings is 1. The van der Waals surface area contributed by atoms with E-state index in [1.807, 2.05) is 27.7 Å². The molecule has 0 aromatic carbocycles. The number of Topliss-reactive ketones (excluding diaryl/α,β-unsaturated/α-hetero) is 1. The minimum Gasteiger partial charge on any atom is -0.388 e. The maximum Gasteiger partial charge on any atom is 0.187 e. The van der Waals surface area contributed by atoms with Gasteiger partial charge in [-0.3, -0.25) is 9.69 Å². The van der Waals surface area contributed by atoms with Crippen LogP contribution in [-0.2, 0) is 14.3 Å². The number of hydrogen-bond donors (Lipinski definition) is 3. The van der Waals surface area contributed by atoms with Crippen molar-refractivity contribution in [1.82, 2.24) is 4.90 Å². The molecule has 3 N–H and O–H groups in total. The number of aliphatic hydroxyl groups is 3. The summed E-state index contributed by atoms with van der Waals surface area (Å²) < 4.78 is 10.9. The lowest BCUT2D eigenvalue weighted by Crippen LogP contribution is -2.62. The van der Waals surface area contributed by atoms with Crippen LogP contribution in [0.3, 0.4) is 0 Å². The molecule has 0 bridgehead atoms. The third kappa shape index (κ3) is 3.50. The zero-order valence-electron chi connectivity index (χ0n) is 13.7. The zero-order chi connectivity index (χ0) is 16.7. The summed E-state index contributed by atoms with van der Waals surface area (Å²) in [7, 11) is 0. The van der Waals surface area contributed by atoms with Crippen molar-refractivity contribution in [3.8, 4) is 0 Å². The smallest absolute Gasteiger partial charge is 0.187 e. The lowest BCUT2D eigenvalue weighted by Gasteiger charge is -2.52. The summed E-state index contributed by atoms with van der Waals surface area (Å²) in [5, 5.41) is 29.0. The van der Waals surface area contributed by atoms with Crippen molar-refractivity contribution in [2.24, 2.45) is 0 Å². The van der Waals surface area contributed by atoms with Crippen LogP contribution in [-0.4, -0.2) is 75.0 Å². The van der Waals surface area contributed by atoms with Gasteiger partial charge in [0.1, 0.15) is 30.8 Å². The van der Waals surface area contributed by atoms with Crippen LogP contribution >= 0.6 is 0 Å². The van der Waals surface area contributed by atoms with E-state index >= 15 is 0 Å². The van der Waals surface area contributed by atoms with Gasteiger partial charge in [-0.15, -0.1) is 0 Å². The van der Waals surface area contributed by atoms with Crippen LogP contribution in [0.5, 0.6) is 0 Å². The van der Waals surface area contributed by atoms with E-state index in [-0.39, 0.29) is 30.2 Å².